The first-order valence-electron chi connectivity index (χ1n) is 9.89. The van der Waals surface area contributed by atoms with Gasteiger partial charge in [-0.1, -0.05) is 18.2 Å². The van der Waals surface area contributed by atoms with Gasteiger partial charge in [-0.25, -0.2) is 0 Å². The second-order valence-corrected chi connectivity index (χ2v) is 8.05. The third kappa shape index (κ3) is 2.79. The number of hydrogen-bond acceptors (Lipinski definition) is 6. The van der Waals surface area contributed by atoms with E-state index in [2.05, 4.69) is 17.3 Å². The Labute approximate surface area is 172 Å². The Morgan fingerprint density at radius 2 is 1.77 bits per heavy atom. The van der Waals surface area contributed by atoms with Crippen molar-refractivity contribution in [1.29, 1.82) is 0 Å². The number of amides is 2. The number of aryl methyl sites for hydroxylation is 1. The van der Waals surface area contributed by atoms with E-state index in [-0.39, 0.29) is 41.2 Å². The molecule has 4 aliphatic rings. The molecular weight excluding hydrogens is 386 g/mol. The second-order valence-electron chi connectivity index (χ2n) is 8.05. The van der Waals surface area contributed by atoms with Crippen molar-refractivity contribution in [2.24, 2.45) is 28.8 Å². The molecule has 4 atom stereocenters. The molecule has 0 spiro atoms. The van der Waals surface area contributed by atoms with E-state index in [1.165, 1.54) is 12.3 Å². The molecule has 0 N–H and O–H groups in total. The number of allylic oxidation sites excluding steroid dienone is 2. The molecule has 6 rings (SSSR count). The van der Waals surface area contributed by atoms with Gasteiger partial charge in [0.15, 0.2) is 0 Å². The monoisotopic (exact) mass is 405 g/mol. The lowest BCUT2D eigenvalue weighted by Crippen LogP contribution is -2.38. The average Bonchev–Trinajstić information content (AvgIpc) is 3.31. The van der Waals surface area contributed by atoms with Crippen LogP contribution in [-0.4, -0.2) is 28.0 Å². The van der Waals surface area contributed by atoms with Crippen molar-refractivity contribution in [2.45, 2.75) is 19.8 Å². The van der Waals surface area contributed by atoms with Gasteiger partial charge in [0.2, 0.25) is 0 Å². The summed E-state index contributed by atoms with van der Waals surface area (Å²) in [4.78, 5) is 36.5. The highest BCUT2D eigenvalue weighted by Crippen LogP contribution is 2.49. The van der Waals surface area contributed by atoms with Crippen molar-refractivity contribution < 1.29 is 18.9 Å². The minimum atomic E-state index is -0.454. The Bertz CT molecular complexity index is 1100. The number of nitro groups is 1. The highest BCUT2D eigenvalue weighted by atomic mass is 16.6. The van der Waals surface area contributed by atoms with Gasteiger partial charge in [-0.05, 0) is 55.4 Å². The molecule has 1 aromatic carbocycles. The standard InChI is InChI=1S/C22H19N3O5/c1-12-2-8-16(17(10-12)25(28)29)18-9-7-15(30-18)11-23-24-21(26)19-13-3-4-14(6-5-13)20(19)22(24)27/h2-4,7-11,13-14,19-20H,5-6H2,1H3/b23-11-/t13-,14-,19+,20+/m0/s1. The maximum Gasteiger partial charge on any atom is 0.280 e. The third-order valence-corrected chi connectivity index (χ3v) is 6.28. The second kappa shape index (κ2) is 6.76. The Hall–Kier alpha value is -3.55. The molecule has 8 nitrogen and oxygen atoms in total. The number of fused-ring (bicyclic) bond motifs is 1. The summed E-state index contributed by atoms with van der Waals surface area (Å²) in [5, 5.41) is 16.4. The van der Waals surface area contributed by atoms with Gasteiger partial charge in [0.05, 0.1) is 28.5 Å². The minimum Gasteiger partial charge on any atom is -0.455 e. The molecule has 0 unspecified atom stereocenters. The molecule has 2 aromatic rings. The van der Waals surface area contributed by atoms with Gasteiger partial charge in [0.25, 0.3) is 17.5 Å². The largest absolute Gasteiger partial charge is 0.455 e. The van der Waals surface area contributed by atoms with Gasteiger partial charge in [0, 0.05) is 6.07 Å². The van der Waals surface area contributed by atoms with Gasteiger partial charge < -0.3 is 4.42 Å². The van der Waals surface area contributed by atoms with E-state index in [0.29, 0.717) is 17.1 Å². The van der Waals surface area contributed by atoms with Gasteiger partial charge in [-0.3, -0.25) is 19.7 Å². The third-order valence-electron chi connectivity index (χ3n) is 6.28. The summed E-state index contributed by atoms with van der Waals surface area (Å²) >= 11 is 0. The highest BCUT2D eigenvalue weighted by Gasteiger charge is 2.56. The maximum absolute atomic E-state index is 12.8. The highest BCUT2D eigenvalue weighted by molar-refractivity contribution is 6.06. The Morgan fingerprint density at radius 3 is 2.37 bits per heavy atom. The number of carbonyl (C=O) groups excluding carboxylic acids is 2. The summed E-state index contributed by atoms with van der Waals surface area (Å²) in [5.74, 6) is -0.332. The fraction of sp³-hybridized carbons (Fsp3) is 0.318. The van der Waals surface area contributed by atoms with Crippen LogP contribution in [0.4, 0.5) is 5.69 Å². The maximum atomic E-state index is 12.8. The first-order chi connectivity index (χ1) is 14.4. The summed E-state index contributed by atoms with van der Waals surface area (Å²) in [6.45, 7) is 1.78. The van der Waals surface area contributed by atoms with E-state index in [1.54, 1.807) is 31.2 Å². The van der Waals surface area contributed by atoms with Crippen LogP contribution in [0.3, 0.4) is 0 Å². The fourth-order valence-corrected chi connectivity index (χ4v) is 4.85. The Morgan fingerprint density at radius 1 is 1.10 bits per heavy atom. The van der Waals surface area contributed by atoms with Gasteiger partial charge >= 0.3 is 0 Å². The van der Waals surface area contributed by atoms with Crippen molar-refractivity contribution in [3.8, 4) is 11.3 Å². The molecule has 3 aliphatic carbocycles. The molecule has 1 saturated heterocycles. The normalized spacial score (nSPS) is 27.3. The SMILES string of the molecule is Cc1ccc(-c2ccc(/C=N\N3C(=O)[C@H]4[C@H](C3=O)[C@H]3C=C[C@H]4CC3)o2)c([N+](=O)[O-])c1. The first kappa shape index (κ1) is 18.5. The molecule has 1 aromatic heterocycles. The van der Waals surface area contributed by atoms with E-state index in [1.807, 2.05) is 0 Å². The predicted molar refractivity (Wildman–Crippen MR) is 107 cm³/mol. The zero-order chi connectivity index (χ0) is 21.0. The number of nitro benzene ring substituents is 1. The number of rotatable bonds is 4. The number of imide groups is 1. The Kier molecular flexibility index (Phi) is 4.16. The van der Waals surface area contributed by atoms with Crippen molar-refractivity contribution in [3.05, 3.63) is 63.9 Å². The minimum absolute atomic E-state index is 0.0511. The van der Waals surface area contributed by atoms with Crippen LogP contribution in [0, 0.1) is 40.7 Å². The molecular formula is C22H19N3O5. The molecule has 2 amide bonds. The number of benzene rings is 1. The number of nitrogens with zero attached hydrogens (tertiary/aromatic N) is 3. The summed E-state index contributed by atoms with van der Waals surface area (Å²) in [6, 6.07) is 8.10. The van der Waals surface area contributed by atoms with Gasteiger partial charge in [-0.2, -0.15) is 10.1 Å². The molecule has 152 valence electrons. The van der Waals surface area contributed by atoms with E-state index < -0.39 is 4.92 Å². The van der Waals surface area contributed by atoms with Crippen molar-refractivity contribution >= 4 is 23.7 Å². The van der Waals surface area contributed by atoms with Crippen LogP contribution in [0.15, 0.2) is 52.0 Å². The first-order valence-corrected chi connectivity index (χ1v) is 9.89. The average molecular weight is 405 g/mol. The van der Waals surface area contributed by atoms with Gasteiger partial charge in [0.1, 0.15) is 11.5 Å². The van der Waals surface area contributed by atoms with Crippen LogP contribution in [0.5, 0.6) is 0 Å². The number of hydrogen-bond donors (Lipinski definition) is 0. The predicted octanol–water partition coefficient (Wildman–Crippen LogP) is 3.69. The summed E-state index contributed by atoms with van der Waals surface area (Å²) in [5.41, 5.74) is 1.08. The smallest absolute Gasteiger partial charge is 0.280 e. The van der Waals surface area contributed by atoms with Crippen LogP contribution in [0.1, 0.15) is 24.2 Å². The lowest BCUT2D eigenvalue weighted by atomic mass is 9.63. The molecule has 1 aliphatic heterocycles. The van der Waals surface area contributed by atoms with Crippen molar-refractivity contribution in [2.75, 3.05) is 0 Å². The lowest BCUT2D eigenvalue weighted by molar-refractivity contribution is -0.384. The lowest BCUT2D eigenvalue weighted by Gasteiger charge is -2.37. The zero-order valence-corrected chi connectivity index (χ0v) is 16.2. The van der Waals surface area contributed by atoms with Crippen LogP contribution in [-0.2, 0) is 9.59 Å². The number of carbonyl (C=O) groups is 2. The van der Waals surface area contributed by atoms with E-state index in [0.717, 1.165) is 23.4 Å². The molecule has 2 bridgehead atoms. The van der Waals surface area contributed by atoms with Crippen LogP contribution < -0.4 is 0 Å². The molecule has 8 heteroatoms. The van der Waals surface area contributed by atoms with E-state index in [4.69, 9.17) is 4.42 Å². The van der Waals surface area contributed by atoms with Crippen LogP contribution >= 0.6 is 0 Å². The molecule has 2 heterocycles. The van der Waals surface area contributed by atoms with Crippen LogP contribution in [0.25, 0.3) is 11.3 Å². The molecule has 0 radical (unpaired) electrons. The quantitative estimate of drug-likeness (QED) is 0.254. The summed E-state index contributed by atoms with van der Waals surface area (Å²) < 4.78 is 5.69. The van der Waals surface area contributed by atoms with Gasteiger partial charge in [-0.15, -0.1) is 0 Å². The van der Waals surface area contributed by atoms with E-state index >= 15 is 0 Å². The summed E-state index contributed by atoms with van der Waals surface area (Å²) in [7, 11) is 0. The zero-order valence-electron chi connectivity index (χ0n) is 16.2. The molecule has 30 heavy (non-hydrogen) atoms. The number of furan rings is 1. The Balaban J connectivity index is 1.40. The van der Waals surface area contributed by atoms with Crippen molar-refractivity contribution in [3.63, 3.8) is 0 Å². The molecule has 2 fully saturated rings. The topological polar surface area (TPSA) is 106 Å². The molecule has 1 saturated carbocycles. The van der Waals surface area contributed by atoms with Crippen LogP contribution in [0.2, 0.25) is 0 Å². The van der Waals surface area contributed by atoms with Crippen molar-refractivity contribution in [1.82, 2.24) is 5.01 Å². The fourth-order valence-electron chi connectivity index (χ4n) is 4.85. The summed E-state index contributed by atoms with van der Waals surface area (Å²) in [6.07, 6.45) is 7.28. The number of hydrazone groups is 1. The van der Waals surface area contributed by atoms with E-state index in [9.17, 15) is 19.7 Å².